The second-order valence-electron chi connectivity index (χ2n) is 6.26. The molecule has 0 aromatic heterocycles. The Morgan fingerprint density at radius 2 is 1.72 bits per heavy atom. The van der Waals surface area contributed by atoms with Crippen LogP contribution in [0.1, 0.15) is 44.9 Å². The molecular formula is C15H28N2O. The molecule has 1 aliphatic carbocycles. The van der Waals surface area contributed by atoms with Gasteiger partial charge in [-0.15, -0.1) is 0 Å². The fraction of sp³-hybridized carbons (Fsp3) is 1.00. The Hall–Kier alpha value is -0.120. The molecule has 0 bridgehead atoms. The monoisotopic (exact) mass is 252 g/mol. The van der Waals surface area contributed by atoms with Crippen LogP contribution >= 0.6 is 0 Å². The SMILES string of the molecule is C1CCC(OCCN2CCCN3CCCC3C2)C1. The van der Waals surface area contributed by atoms with Gasteiger partial charge in [0.25, 0.3) is 0 Å². The Morgan fingerprint density at radius 3 is 2.61 bits per heavy atom. The van der Waals surface area contributed by atoms with E-state index >= 15 is 0 Å². The number of hydrogen-bond donors (Lipinski definition) is 0. The molecule has 0 spiro atoms. The Balaban J connectivity index is 1.38. The van der Waals surface area contributed by atoms with Crippen molar-refractivity contribution in [3.8, 4) is 0 Å². The molecule has 0 radical (unpaired) electrons. The minimum absolute atomic E-state index is 0.583. The summed E-state index contributed by atoms with van der Waals surface area (Å²) < 4.78 is 6.00. The molecule has 3 nitrogen and oxygen atoms in total. The van der Waals surface area contributed by atoms with E-state index in [0.29, 0.717) is 6.10 Å². The standard InChI is InChI=1S/C15H28N2O/c1-2-7-15(6-1)18-12-11-16-8-4-10-17-9-3-5-14(17)13-16/h14-15H,1-13H2. The summed E-state index contributed by atoms with van der Waals surface area (Å²) in [6, 6.07) is 0.846. The zero-order valence-electron chi connectivity index (χ0n) is 11.6. The number of hydrogen-bond acceptors (Lipinski definition) is 3. The van der Waals surface area contributed by atoms with Crippen LogP contribution in [-0.2, 0) is 4.74 Å². The Kier molecular flexibility index (Phi) is 4.55. The molecule has 3 heteroatoms. The summed E-state index contributed by atoms with van der Waals surface area (Å²) in [5.74, 6) is 0. The molecular weight excluding hydrogens is 224 g/mol. The summed E-state index contributed by atoms with van der Waals surface area (Å²) in [4.78, 5) is 5.35. The van der Waals surface area contributed by atoms with Gasteiger partial charge >= 0.3 is 0 Å². The summed E-state index contributed by atoms with van der Waals surface area (Å²) in [5.41, 5.74) is 0. The molecule has 3 aliphatic rings. The van der Waals surface area contributed by atoms with E-state index in [9.17, 15) is 0 Å². The lowest BCUT2D eigenvalue weighted by molar-refractivity contribution is 0.0408. The van der Waals surface area contributed by atoms with Crippen LogP contribution in [0.25, 0.3) is 0 Å². The van der Waals surface area contributed by atoms with E-state index in [4.69, 9.17) is 4.74 Å². The van der Waals surface area contributed by atoms with Crippen molar-refractivity contribution in [2.24, 2.45) is 0 Å². The maximum atomic E-state index is 6.00. The van der Waals surface area contributed by atoms with Crippen LogP contribution in [0, 0.1) is 0 Å². The van der Waals surface area contributed by atoms with Gasteiger partial charge < -0.3 is 4.74 Å². The van der Waals surface area contributed by atoms with Crippen LogP contribution in [0.2, 0.25) is 0 Å². The smallest absolute Gasteiger partial charge is 0.0597 e. The molecule has 2 heterocycles. The molecule has 0 amide bonds. The van der Waals surface area contributed by atoms with Gasteiger partial charge in [-0.1, -0.05) is 12.8 Å². The van der Waals surface area contributed by atoms with Gasteiger partial charge in [-0.05, 0) is 51.7 Å². The molecule has 1 atom stereocenters. The van der Waals surface area contributed by atoms with Gasteiger partial charge in [-0.25, -0.2) is 0 Å². The van der Waals surface area contributed by atoms with Crippen molar-refractivity contribution >= 4 is 0 Å². The molecule has 1 saturated carbocycles. The summed E-state index contributed by atoms with van der Waals surface area (Å²) >= 11 is 0. The molecule has 2 aliphatic heterocycles. The van der Waals surface area contributed by atoms with E-state index in [0.717, 1.165) is 19.2 Å². The first-order chi connectivity index (χ1) is 8.92. The highest BCUT2D eigenvalue weighted by atomic mass is 16.5. The highest BCUT2D eigenvalue weighted by Gasteiger charge is 2.28. The Bertz CT molecular complexity index is 253. The first-order valence-electron chi connectivity index (χ1n) is 8.00. The molecule has 3 rings (SSSR count). The zero-order valence-corrected chi connectivity index (χ0v) is 11.6. The second kappa shape index (κ2) is 6.36. The highest BCUT2D eigenvalue weighted by Crippen LogP contribution is 2.22. The fourth-order valence-corrected chi connectivity index (χ4v) is 3.89. The quantitative estimate of drug-likeness (QED) is 0.762. The predicted molar refractivity (Wildman–Crippen MR) is 73.9 cm³/mol. The molecule has 0 aromatic rings. The van der Waals surface area contributed by atoms with E-state index in [1.165, 1.54) is 71.1 Å². The molecule has 104 valence electrons. The maximum absolute atomic E-state index is 6.00. The van der Waals surface area contributed by atoms with Gasteiger partial charge in [-0.2, -0.15) is 0 Å². The first kappa shape index (κ1) is 12.9. The van der Waals surface area contributed by atoms with Gasteiger partial charge in [-0.3, -0.25) is 9.80 Å². The van der Waals surface area contributed by atoms with Gasteiger partial charge in [0.05, 0.1) is 12.7 Å². The zero-order chi connectivity index (χ0) is 12.2. The van der Waals surface area contributed by atoms with E-state index in [1.54, 1.807) is 0 Å². The number of ether oxygens (including phenoxy) is 1. The topological polar surface area (TPSA) is 15.7 Å². The number of rotatable bonds is 4. The van der Waals surface area contributed by atoms with Gasteiger partial charge in [0.15, 0.2) is 0 Å². The minimum atomic E-state index is 0.583. The molecule has 3 fully saturated rings. The lowest BCUT2D eigenvalue weighted by atomic mass is 10.2. The van der Waals surface area contributed by atoms with Crippen LogP contribution in [0.5, 0.6) is 0 Å². The number of fused-ring (bicyclic) bond motifs is 1. The van der Waals surface area contributed by atoms with Crippen molar-refractivity contribution in [3.63, 3.8) is 0 Å². The maximum Gasteiger partial charge on any atom is 0.0597 e. The van der Waals surface area contributed by atoms with Gasteiger partial charge in [0.1, 0.15) is 0 Å². The van der Waals surface area contributed by atoms with E-state index in [1.807, 2.05) is 0 Å². The second-order valence-corrected chi connectivity index (χ2v) is 6.26. The Morgan fingerprint density at radius 1 is 0.889 bits per heavy atom. The van der Waals surface area contributed by atoms with Crippen molar-refractivity contribution in [2.75, 3.05) is 39.3 Å². The largest absolute Gasteiger partial charge is 0.377 e. The third kappa shape index (κ3) is 3.25. The molecule has 18 heavy (non-hydrogen) atoms. The fourth-order valence-electron chi connectivity index (χ4n) is 3.89. The molecule has 0 aromatic carbocycles. The van der Waals surface area contributed by atoms with Crippen molar-refractivity contribution in [1.82, 2.24) is 9.80 Å². The summed E-state index contributed by atoms with van der Waals surface area (Å²) in [6.07, 6.45) is 10.1. The minimum Gasteiger partial charge on any atom is -0.377 e. The third-order valence-electron chi connectivity index (χ3n) is 4.95. The van der Waals surface area contributed by atoms with E-state index in [2.05, 4.69) is 9.80 Å². The highest BCUT2D eigenvalue weighted by molar-refractivity contribution is 4.84. The summed E-state index contributed by atoms with van der Waals surface area (Å²) in [6.45, 7) is 7.34. The van der Waals surface area contributed by atoms with Gasteiger partial charge in [0.2, 0.25) is 0 Å². The lowest BCUT2D eigenvalue weighted by Crippen LogP contribution is -2.38. The van der Waals surface area contributed by atoms with Crippen molar-refractivity contribution < 1.29 is 4.74 Å². The third-order valence-corrected chi connectivity index (χ3v) is 4.95. The molecule has 1 unspecified atom stereocenters. The first-order valence-corrected chi connectivity index (χ1v) is 8.00. The summed E-state index contributed by atoms with van der Waals surface area (Å²) in [5, 5.41) is 0. The average Bonchev–Trinajstić information content (AvgIpc) is 2.99. The molecule has 2 saturated heterocycles. The van der Waals surface area contributed by atoms with Crippen LogP contribution in [0.3, 0.4) is 0 Å². The average molecular weight is 252 g/mol. The van der Waals surface area contributed by atoms with E-state index in [-0.39, 0.29) is 0 Å². The normalized spacial score (nSPS) is 31.7. The van der Waals surface area contributed by atoms with Crippen molar-refractivity contribution in [2.45, 2.75) is 57.1 Å². The van der Waals surface area contributed by atoms with Crippen LogP contribution in [0.4, 0.5) is 0 Å². The van der Waals surface area contributed by atoms with Crippen molar-refractivity contribution in [1.29, 1.82) is 0 Å². The van der Waals surface area contributed by atoms with Crippen molar-refractivity contribution in [3.05, 3.63) is 0 Å². The Labute approximate surface area is 111 Å². The van der Waals surface area contributed by atoms with Crippen LogP contribution in [0.15, 0.2) is 0 Å². The summed E-state index contributed by atoms with van der Waals surface area (Å²) in [7, 11) is 0. The predicted octanol–water partition coefficient (Wildman–Crippen LogP) is 2.12. The lowest BCUT2D eigenvalue weighted by Gasteiger charge is -2.25. The van der Waals surface area contributed by atoms with Crippen LogP contribution < -0.4 is 0 Å². The van der Waals surface area contributed by atoms with Crippen LogP contribution in [-0.4, -0.2) is 61.3 Å². The molecule has 0 N–H and O–H groups in total. The number of nitrogens with zero attached hydrogens (tertiary/aromatic N) is 2. The van der Waals surface area contributed by atoms with Gasteiger partial charge in [0, 0.05) is 19.1 Å². The van der Waals surface area contributed by atoms with E-state index < -0.39 is 0 Å².